The maximum atomic E-state index is 12.7. The number of aliphatic hydroxyl groups excluding tert-OH is 2. The van der Waals surface area contributed by atoms with Gasteiger partial charge >= 0.3 is 0 Å². The summed E-state index contributed by atoms with van der Waals surface area (Å²) in [4.78, 5) is 12.7. The molecule has 4 fully saturated rings. The second-order valence-electron chi connectivity index (χ2n) is 14.1. The van der Waals surface area contributed by atoms with Gasteiger partial charge in [0, 0.05) is 12.8 Å². The molecule has 1 aromatic heterocycles. The number of amides is 1. The topological polar surface area (TPSA) is 95.3 Å². The fourth-order valence-electron chi connectivity index (χ4n) is 9.65. The van der Waals surface area contributed by atoms with Gasteiger partial charge in [0.2, 0.25) is 11.0 Å². The van der Waals surface area contributed by atoms with Crippen molar-refractivity contribution in [3.8, 4) is 0 Å². The summed E-state index contributed by atoms with van der Waals surface area (Å²) in [5.41, 5.74) is 0.520. The molecular weight excluding hydrogens is 482 g/mol. The molecule has 0 aliphatic heterocycles. The predicted molar refractivity (Wildman–Crippen MR) is 148 cm³/mol. The number of hydrogen-bond donors (Lipinski definition) is 3. The number of nitrogens with zero attached hydrogens (tertiary/aromatic N) is 2. The smallest absolute Gasteiger partial charge is 0.226 e. The molecule has 1 amide bonds. The van der Waals surface area contributed by atoms with Gasteiger partial charge in [0.25, 0.3) is 0 Å². The molecule has 1 aromatic rings. The largest absolute Gasteiger partial charge is 0.393 e. The minimum absolute atomic E-state index is 0.0451. The predicted octanol–water partition coefficient (Wildman–Crippen LogP) is 6.08. The van der Waals surface area contributed by atoms with E-state index >= 15 is 0 Å². The summed E-state index contributed by atoms with van der Waals surface area (Å²) in [6.07, 6.45) is 10.5. The first-order chi connectivity index (χ1) is 17.5. The number of aliphatic hydroxyl groups is 2. The molecule has 0 saturated heterocycles. The first kappa shape index (κ1) is 27.5. The van der Waals surface area contributed by atoms with Gasteiger partial charge in [-0.05, 0) is 110 Å². The molecule has 10 atom stereocenters. The van der Waals surface area contributed by atoms with Crippen molar-refractivity contribution in [1.82, 2.24) is 10.2 Å². The van der Waals surface area contributed by atoms with Gasteiger partial charge in [-0.15, -0.1) is 10.2 Å². The summed E-state index contributed by atoms with van der Waals surface area (Å²) >= 11 is 1.49. The number of hydrogen-bond acceptors (Lipinski definition) is 6. The summed E-state index contributed by atoms with van der Waals surface area (Å²) in [5.74, 6) is 3.68. The van der Waals surface area contributed by atoms with Crippen LogP contribution in [0.15, 0.2) is 0 Å². The third-order valence-electron chi connectivity index (χ3n) is 11.5. The van der Waals surface area contributed by atoms with E-state index in [0.29, 0.717) is 53.0 Å². The van der Waals surface area contributed by atoms with Crippen LogP contribution < -0.4 is 5.32 Å². The standard InChI is InChI=1S/C30H49N3O3S/c1-17(2)14-26-32-33-28(37-26)31-25(36)9-6-18(3)21-7-8-22-27-23(11-13-30(21,22)5)29(4)12-10-20(34)15-19(29)16-24(27)35/h17-24,27,34-35H,6-16H2,1-5H3,(H,31,33,36)/t18-,19+,20-,21-,22+,23+,24+,27+,29+,30-/m1/s1. The van der Waals surface area contributed by atoms with E-state index in [2.05, 4.69) is 50.1 Å². The summed E-state index contributed by atoms with van der Waals surface area (Å²) in [6.45, 7) is 11.7. The maximum absolute atomic E-state index is 12.7. The van der Waals surface area contributed by atoms with Crippen molar-refractivity contribution in [2.24, 2.45) is 52.3 Å². The molecule has 4 aliphatic rings. The van der Waals surface area contributed by atoms with E-state index in [1.54, 1.807) is 0 Å². The average Bonchev–Trinajstić information content (AvgIpc) is 3.41. The fourth-order valence-corrected chi connectivity index (χ4v) is 10.6. The molecule has 0 radical (unpaired) electrons. The zero-order valence-corrected chi connectivity index (χ0v) is 24.4. The lowest BCUT2D eigenvalue weighted by atomic mass is 9.43. The van der Waals surface area contributed by atoms with Crippen LogP contribution in [-0.2, 0) is 11.2 Å². The Bertz CT molecular complexity index is 968. The lowest BCUT2D eigenvalue weighted by Gasteiger charge is -2.62. The van der Waals surface area contributed by atoms with Gasteiger partial charge < -0.3 is 15.5 Å². The molecule has 1 heterocycles. The normalized spacial score (nSPS) is 42.1. The molecule has 4 saturated carbocycles. The van der Waals surface area contributed by atoms with E-state index < -0.39 is 0 Å². The molecule has 4 aliphatic carbocycles. The molecule has 208 valence electrons. The van der Waals surface area contributed by atoms with Crippen LogP contribution >= 0.6 is 11.3 Å². The third kappa shape index (κ3) is 5.14. The number of aromatic nitrogens is 2. The van der Waals surface area contributed by atoms with Crippen LogP contribution in [0.2, 0.25) is 0 Å². The maximum Gasteiger partial charge on any atom is 0.226 e. The minimum Gasteiger partial charge on any atom is -0.393 e. The lowest BCUT2D eigenvalue weighted by Crippen LogP contribution is -2.58. The fraction of sp³-hybridized carbons (Fsp3) is 0.900. The van der Waals surface area contributed by atoms with E-state index in [9.17, 15) is 15.0 Å². The molecule has 7 heteroatoms. The van der Waals surface area contributed by atoms with Crippen LogP contribution in [0.1, 0.15) is 104 Å². The van der Waals surface area contributed by atoms with Gasteiger partial charge in [-0.3, -0.25) is 4.79 Å². The van der Waals surface area contributed by atoms with Crippen LogP contribution in [0.4, 0.5) is 5.13 Å². The quantitative estimate of drug-likeness (QED) is 0.396. The highest BCUT2D eigenvalue weighted by Crippen LogP contribution is 2.68. The van der Waals surface area contributed by atoms with E-state index in [1.165, 1.54) is 37.0 Å². The second-order valence-corrected chi connectivity index (χ2v) is 15.2. The Balaban J connectivity index is 1.20. The SMILES string of the molecule is CC(C)Cc1nnc(NC(=O)CC[C@@H](C)[C@H]2CC[C@H]3[C@@H]4[C@@H](O)C[C@@H]5C[C@H](O)CC[C@]5(C)[C@H]4CC[C@]23C)s1. The van der Waals surface area contributed by atoms with Crippen molar-refractivity contribution in [3.63, 3.8) is 0 Å². The monoisotopic (exact) mass is 531 g/mol. The summed E-state index contributed by atoms with van der Waals surface area (Å²) in [6, 6.07) is 0. The number of carbonyl (C=O) groups excluding carboxylic acids is 1. The Morgan fingerprint density at radius 2 is 1.76 bits per heavy atom. The van der Waals surface area contributed by atoms with Gasteiger partial charge in [-0.1, -0.05) is 46.0 Å². The summed E-state index contributed by atoms with van der Waals surface area (Å²) in [5, 5.41) is 34.7. The third-order valence-corrected chi connectivity index (χ3v) is 12.4. The van der Waals surface area contributed by atoms with Crippen molar-refractivity contribution in [2.75, 3.05) is 5.32 Å². The molecule has 0 aromatic carbocycles. The van der Waals surface area contributed by atoms with Gasteiger partial charge in [0.1, 0.15) is 5.01 Å². The van der Waals surface area contributed by atoms with Gasteiger partial charge in [-0.25, -0.2) is 0 Å². The molecule has 0 spiro atoms. The van der Waals surface area contributed by atoms with Crippen molar-refractivity contribution < 1.29 is 15.0 Å². The Morgan fingerprint density at radius 3 is 2.51 bits per heavy atom. The van der Waals surface area contributed by atoms with Crippen LogP contribution in [-0.4, -0.2) is 38.5 Å². The number of rotatable bonds is 7. The second kappa shape index (κ2) is 10.5. The first-order valence-electron chi connectivity index (χ1n) is 15.0. The van der Waals surface area contributed by atoms with E-state index in [-0.39, 0.29) is 28.9 Å². The van der Waals surface area contributed by atoms with Crippen molar-refractivity contribution in [1.29, 1.82) is 0 Å². The summed E-state index contributed by atoms with van der Waals surface area (Å²) < 4.78 is 0. The highest BCUT2D eigenvalue weighted by Gasteiger charge is 2.62. The number of fused-ring (bicyclic) bond motifs is 5. The highest BCUT2D eigenvalue weighted by molar-refractivity contribution is 7.15. The first-order valence-corrected chi connectivity index (χ1v) is 15.8. The number of nitrogens with one attached hydrogen (secondary N) is 1. The molecular formula is C30H49N3O3S. The van der Waals surface area contributed by atoms with Crippen LogP contribution in [0.3, 0.4) is 0 Å². The Hall–Kier alpha value is -1.05. The molecule has 0 unspecified atom stereocenters. The number of anilines is 1. The Morgan fingerprint density at radius 1 is 1.03 bits per heavy atom. The lowest BCUT2D eigenvalue weighted by molar-refractivity contribution is -0.174. The van der Waals surface area contributed by atoms with Crippen molar-refractivity contribution in [2.45, 2.75) is 117 Å². The highest BCUT2D eigenvalue weighted by atomic mass is 32.1. The average molecular weight is 532 g/mol. The van der Waals surface area contributed by atoms with E-state index in [4.69, 9.17) is 0 Å². The van der Waals surface area contributed by atoms with Crippen LogP contribution in [0.25, 0.3) is 0 Å². The molecule has 6 nitrogen and oxygen atoms in total. The molecule has 37 heavy (non-hydrogen) atoms. The Labute approximate surface area is 227 Å². The molecule has 5 rings (SSSR count). The molecule has 0 bridgehead atoms. The van der Waals surface area contributed by atoms with Crippen molar-refractivity contribution in [3.05, 3.63) is 5.01 Å². The van der Waals surface area contributed by atoms with Gasteiger partial charge in [0.15, 0.2) is 0 Å². The molecule has 3 N–H and O–H groups in total. The van der Waals surface area contributed by atoms with E-state index in [0.717, 1.165) is 43.5 Å². The Kier molecular flexibility index (Phi) is 7.81. The zero-order valence-electron chi connectivity index (χ0n) is 23.6. The van der Waals surface area contributed by atoms with E-state index in [1.807, 2.05) is 0 Å². The van der Waals surface area contributed by atoms with Gasteiger partial charge in [0.05, 0.1) is 12.2 Å². The minimum atomic E-state index is -0.231. The summed E-state index contributed by atoms with van der Waals surface area (Å²) in [7, 11) is 0. The van der Waals surface area contributed by atoms with Crippen LogP contribution in [0, 0.1) is 52.3 Å². The number of carbonyl (C=O) groups is 1. The van der Waals surface area contributed by atoms with Crippen molar-refractivity contribution >= 4 is 22.4 Å². The van der Waals surface area contributed by atoms with Gasteiger partial charge in [-0.2, -0.15) is 0 Å². The van der Waals surface area contributed by atoms with Crippen LogP contribution in [0.5, 0.6) is 0 Å². The zero-order chi connectivity index (χ0) is 26.5.